The SMILES string of the molecule is Cn1nnnc1-c1cccc(NC(=O)NCCNc2ncc(Cl)cc2Cl)c1. The van der Waals surface area contributed by atoms with E-state index in [2.05, 4.69) is 36.5 Å². The predicted molar refractivity (Wildman–Crippen MR) is 104 cm³/mol. The zero-order valence-corrected chi connectivity index (χ0v) is 15.8. The molecule has 27 heavy (non-hydrogen) atoms. The van der Waals surface area contributed by atoms with Crippen LogP contribution in [0, 0.1) is 0 Å². The second-order valence-electron chi connectivity index (χ2n) is 5.50. The van der Waals surface area contributed by atoms with E-state index < -0.39 is 0 Å². The minimum Gasteiger partial charge on any atom is -0.367 e. The molecule has 0 spiro atoms. The van der Waals surface area contributed by atoms with Gasteiger partial charge in [0.1, 0.15) is 5.82 Å². The minimum atomic E-state index is -0.333. The van der Waals surface area contributed by atoms with Gasteiger partial charge in [0, 0.05) is 37.6 Å². The molecule has 0 aliphatic rings. The fraction of sp³-hybridized carbons (Fsp3) is 0.188. The summed E-state index contributed by atoms with van der Waals surface area (Å²) in [7, 11) is 1.75. The molecule has 0 bridgehead atoms. The summed E-state index contributed by atoms with van der Waals surface area (Å²) in [5.74, 6) is 1.11. The van der Waals surface area contributed by atoms with Gasteiger partial charge in [0.2, 0.25) is 0 Å². The van der Waals surface area contributed by atoms with Crippen molar-refractivity contribution in [3.63, 3.8) is 0 Å². The van der Waals surface area contributed by atoms with Crippen LogP contribution in [-0.4, -0.2) is 44.3 Å². The molecule has 2 aromatic heterocycles. The molecule has 0 atom stereocenters. The average Bonchev–Trinajstić information content (AvgIpc) is 3.06. The summed E-state index contributed by atoms with van der Waals surface area (Å²) in [6.07, 6.45) is 1.50. The lowest BCUT2D eigenvalue weighted by atomic mass is 10.2. The molecule has 0 aliphatic carbocycles. The third-order valence-corrected chi connectivity index (χ3v) is 4.00. The number of urea groups is 1. The van der Waals surface area contributed by atoms with Crippen molar-refractivity contribution in [2.24, 2.45) is 7.05 Å². The van der Waals surface area contributed by atoms with E-state index in [1.165, 1.54) is 6.20 Å². The summed E-state index contributed by atoms with van der Waals surface area (Å²) < 4.78 is 1.56. The fourth-order valence-corrected chi connectivity index (χ4v) is 2.73. The number of carbonyl (C=O) groups is 1. The number of anilines is 2. The number of rotatable bonds is 6. The van der Waals surface area contributed by atoms with Crippen molar-refractivity contribution in [2.75, 3.05) is 23.7 Å². The maximum atomic E-state index is 12.0. The first-order chi connectivity index (χ1) is 13.0. The largest absolute Gasteiger partial charge is 0.367 e. The summed E-state index contributed by atoms with van der Waals surface area (Å²) in [4.78, 5) is 16.1. The highest BCUT2D eigenvalue weighted by atomic mass is 35.5. The van der Waals surface area contributed by atoms with Crippen LogP contribution in [0.25, 0.3) is 11.4 Å². The number of aromatic nitrogens is 5. The quantitative estimate of drug-likeness (QED) is 0.542. The van der Waals surface area contributed by atoms with Crippen molar-refractivity contribution in [3.8, 4) is 11.4 Å². The molecule has 0 saturated heterocycles. The number of benzene rings is 1. The van der Waals surface area contributed by atoms with Gasteiger partial charge in [0.05, 0.1) is 10.0 Å². The highest BCUT2D eigenvalue weighted by Crippen LogP contribution is 2.22. The van der Waals surface area contributed by atoms with Crippen LogP contribution < -0.4 is 16.0 Å². The number of hydrogen-bond acceptors (Lipinski definition) is 6. The number of carbonyl (C=O) groups excluding carboxylic acids is 1. The molecule has 140 valence electrons. The van der Waals surface area contributed by atoms with Crippen molar-refractivity contribution >= 4 is 40.7 Å². The molecular weight excluding hydrogens is 391 g/mol. The molecule has 0 fully saturated rings. The Balaban J connectivity index is 1.49. The molecule has 0 radical (unpaired) electrons. The van der Waals surface area contributed by atoms with Crippen LogP contribution in [0.2, 0.25) is 10.0 Å². The average molecular weight is 407 g/mol. The van der Waals surface area contributed by atoms with Gasteiger partial charge in [0.25, 0.3) is 0 Å². The Morgan fingerprint density at radius 2 is 2.07 bits per heavy atom. The normalized spacial score (nSPS) is 10.5. The second kappa shape index (κ2) is 8.65. The van der Waals surface area contributed by atoms with Crippen molar-refractivity contribution in [1.82, 2.24) is 30.5 Å². The topological polar surface area (TPSA) is 110 Å². The summed E-state index contributed by atoms with van der Waals surface area (Å²) in [6, 6.07) is 8.51. The molecule has 3 aromatic rings. The molecule has 3 rings (SSSR count). The number of amides is 2. The van der Waals surface area contributed by atoms with E-state index in [9.17, 15) is 4.79 Å². The smallest absolute Gasteiger partial charge is 0.319 e. The lowest BCUT2D eigenvalue weighted by Crippen LogP contribution is -2.32. The van der Waals surface area contributed by atoms with Gasteiger partial charge in [-0.2, -0.15) is 0 Å². The van der Waals surface area contributed by atoms with E-state index in [-0.39, 0.29) is 6.03 Å². The number of halogens is 2. The molecule has 0 aliphatic heterocycles. The number of hydrogen-bond donors (Lipinski definition) is 3. The maximum absolute atomic E-state index is 12.0. The Hall–Kier alpha value is -2.91. The van der Waals surface area contributed by atoms with E-state index in [0.717, 1.165) is 5.56 Å². The number of nitrogens with one attached hydrogen (secondary N) is 3. The molecule has 1 aromatic carbocycles. The Labute approximate surface area is 165 Å². The molecule has 0 saturated carbocycles. The van der Waals surface area contributed by atoms with Crippen LogP contribution in [0.4, 0.5) is 16.3 Å². The Bertz CT molecular complexity index is 946. The molecule has 2 heterocycles. The standard InChI is InChI=1S/C16H16Cl2N8O/c1-26-15(23-24-25-26)10-3-2-4-12(7-10)22-16(27)20-6-5-19-14-13(18)8-11(17)9-21-14/h2-4,7-9H,5-6H2,1H3,(H,19,21)(H2,20,22,27). The highest BCUT2D eigenvalue weighted by Gasteiger charge is 2.08. The molecule has 2 amide bonds. The van der Waals surface area contributed by atoms with Gasteiger partial charge >= 0.3 is 6.03 Å². The molecule has 11 heteroatoms. The van der Waals surface area contributed by atoms with Crippen LogP contribution in [-0.2, 0) is 7.05 Å². The first kappa shape index (κ1) is 18.9. The van der Waals surface area contributed by atoms with Crippen molar-refractivity contribution < 1.29 is 4.79 Å². The first-order valence-corrected chi connectivity index (χ1v) is 8.71. The Morgan fingerprint density at radius 3 is 2.81 bits per heavy atom. The van der Waals surface area contributed by atoms with Crippen molar-refractivity contribution in [3.05, 3.63) is 46.6 Å². The third kappa shape index (κ3) is 5.05. The maximum Gasteiger partial charge on any atom is 0.319 e. The summed E-state index contributed by atoms with van der Waals surface area (Å²) >= 11 is 11.8. The van der Waals surface area contributed by atoms with Gasteiger partial charge in [0.15, 0.2) is 5.82 Å². The van der Waals surface area contributed by atoms with E-state index >= 15 is 0 Å². The third-order valence-electron chi connectivity index (χ3n) is 3.51. The zero-order valence-electron chi connectivity index (χ0n) is 14.3. The van der Waals surface area contributed by atoms with E-state index in [4.69, 9.17) is 23.2 Å². The van der Waals surface area contributed by atoms with Gasteiger partial charge in [-0.3, -0.25) is 0 Å². The van der Waals surface area contributed by atoms with Crippen LogP contribution >= 0.6 is 23.2 Å². The van der Waals surface area contributed by atoms with Crippen molar-refractivity contribution in [1.29, 1.82) is 0 Å². The molecular formula is C16H16Cl2N8O. The fourth-order valence-electron chi connectivity index (χ4n) is 2.29. The molecule has 9 nitrogen and oxygen atoms in total. The van der Waals surface area contributed by atoms with Gasteiger partial charge in [-0.05, 0) is 28.6 Å². The summed E-state index contributed by atoms with van der Waals surface area (Å²) in [6.45, 7) is 0.825. The van der Waals surface area contributed by atoms with Gasteiger partial charge in [-0.15, -0.1) is 5.10 Å². The van der Waals surface area contributed by atoms with Gasteiger partial charge in [-0.25, -0.2) is 14.5 Å². The number of tetrazole rings is 1. The lowest BCUT2D eigenvalue weighted by Gasteiger charge is -2.10. The van der Waals surface area contributed by atoms with Crippen LogP contribution in [0.1, 0.15) is 0 Å². The first-order valence-electron chi connectivity index (χ1n) is 7.95. The minimum absolute atomic E-state index is 0.333. The van der Waals surface area contributed by atoms with Gasteiger partial charge < -0.3 is 16.0 Å². The molecule has 3 N–H and O–H groups in total. The van der Waals surface area contributed by atoms with E-state index in [0.29, 0.717) is 40.5 Å². The Kier molecular flexibility index (Phi) is 6.05. The second-order valence-corrected chi connectivity index (χ2v) is 6.34. The summed E-state index contributed by atoms with van der Waals surface area (Å²) in [5.41, 5.74) is 1.42. The van der Waals surface area contributed by atoms with Crippen LogP contribution in [0.5, 0.6) is 0 Å². The number of aryl methyl sites for hydroxylation is 1. The lowest BCUT2D eigenvalue weighted by molar-refractivity contribution is 0.252. The van der Waals surface area contributed by atoms with Crippen molar-refractivity contribution in [2.45, 2.75) is 0 Å². The van der Waals surface area contributed by atoms with Crippen LogP contribution in [0.15, 0.2) is 36.5 Å². The van der Waals surface area contributed by atoms with Crippen LogP contribution in [0.3, 0.4) is 0 Å². The highest BCUT2D eigenvalue weighted by molar-refractivity contribution is 6.35. The zero-order chi connectivity index (χ0) is 19.2. The van der Waals surface area contributed by atoms with E-state index in [1.807, 2.05) is 12.1 Å². The predicted octanol–water partition coefficient (Wildman–Crippen LogP) is 2.81. The number of nitrogens with zero attached hydrogens (tertiary/aromatic N) is 5. The van der Waals surface area contributed by atoms with E-state index in [1.54, 1.807) is 29.9 Å². The number of pyridine rings is 1. The molecule has 0 unspecified atom stereocenters. The monoisotopic (exact) mass is 406 g/mol. The Morgan fingerprint density at radius 1 is 1.22 bits per heavy atom. The van der Waals surface area contributed by atoms with Gasteiger partial charge in [-0.1, -0.05) is 35.3 Å². The summed E-state index contributed by atoms with van der Waals surface area (Å²) in [5, 5.41) is 20.8.